The van der Waals surface area contributed by atoms with Crippen LogP contribution in [0.25, 0.3) is 0 Å². The van der Waals surface area contributed by atoms with Gasteiger partial charge in [0.25, 0.3) is 0 Å². The molecular weight excluding hydrogens is 156 g/mol. The van der Waals surface area contributed by atoms with Gasteiger partial charge in [-0.2, -0.15) is 4.89 Å². The van der Waals surface area contributed by atoms with Crippen molar-refractivity contribution in [3.63, 3.8) is 0 Å². The number of hydrogen-bond donors (Lipinski definition) is 0. The second-order valence-electron chi connectivity index (χ2n) is 2.67. The maximum absolute atomic E-state index is 4.88. The van der Waals surface area contributed by atoms with Crippen LogP contribution in [-0.4, -0.2) is 20.3 Å². The highest BCUT2D eigenvalue weighted by Crippen LogP contribution is 1.95. The van der Waals surface area contributed by atoms with Crippen LogP contribution < -0.4 is 0 Å². The third-order valence-corrected chi connectivity index (χ3v) is 1.27. The molecule has 12 heavy (non-hydrogen) atoms. The minimum atomic E-state index is 0.580. The summed E-state index contributed by atoms with van der Waals surface area (Å²) in [6.07, 6.45) is 3.71. The quantitative estimate of drug-likeness (QED) is 0.256. The molecule has 0 aliphatic carbocycles. The molecule has 0 amide bonds. The zero-order valence-corrected chi connectivity index (χ0v) is 8.13. The summed E-state index contributed by atoms with van der Waals surface area (Å²) in [6.45, 7) is 5.26. The molecule has 0 unspecified atom stereocenters. The van der Waals surface area contributed by atoms with Gasteiger partial charge in [0.2, 0.25) is 0 Å². The van der Waals surface area contributed by atoms with Gasteiger partial charge in [0.1, 0.15) is 6.26 Å². The zero-order valence-electron chi connectivity index (χ0n) is 8.13. The summed E-state index contributed by atoms with van der Waals surface area (Å²) in [4.78, 5) is 9.67. The van der Waals surface area contributed by atoms with E-state index >= 15 is 0 Å². The van der Waals surface area contributed by atoms with E-state index < -0.39 is 0 Å². The Morgan fingerprint density at radius 1 is 1.42 bits per heavy atom. The van der Waals surface area contributed by atoms with Gasteiger partial charge in [-0.25, -0.2) is 0 Å². The van der Waals surface area contributed by atoms with E-state index in [1.165, 1.54) is 0 Å². The van der Waals surface area contributed by atoms with Crippen LogP contribution in [-0.2, 0) is 14.5 Å². The van der Waals surface area contributed by atoms with Crippen molar-refractivity contribution < 1.29 is 14.5 Å². The van der Waals surface area contributed by atoms with Crippen LogP contribution in [0, 0.1) is 0 Å². The second-order valence-corrected chi connectivity index (χ2v) is 2.67. The van der Waals surface area contributed by atoms with E-state index in [2.05, 4.69) is 6.92 Å². The predicted molar refractivity (Wildman–Crippen MR) is 47.6 cm³/mol. The van der Waals surface area contributed by atoms with Gasteiger partial charge in [0, 0.05) is 7.11 Å². The Hall–Kier alpha value is -0.540. The van der Waals surface area contributed by atoms with Gasteiger partial charge in [0.05, 0.1) is 13.2 Å². The van der Waals surface area contributed by atoms with Gasteiger partial charge in [-0.3, -0.25) is 0 Å². The first-order chi connectivity index (χ1) is 5.81. The van der Waals surface area contributed by atoms with Gasteiger partial charge in [-0.05, 0) is 18.9 Å². The Morgan fingerprint density at radius 2 is 2.17 bits per heavy atom. The lowest BCUT2D eigenvalue weighted by Crippen LogP contribution is -1.94. The third kappa shape index (κ3) is 7.57. The first-order valence-electron chi connectivity index (χ1n) is 4.24. The second kappa shape index (κ2) is 8.56. The summed E-state index contributed by atoms with van der Waals surface area (Å²) in [5, 5.41) is 0. The van der Waals surface area contributed by atoms with E-state index in [0.717, 1.165) is 18.4 Å². The van der Waals surface area contributed by atoms with Gasteiger partial charge in [0.15, 0.2) is 0 Å². The summed E-state index contributed by atoms with van der Waals surface area (Å²) in [5.74, 6) is 0. The first-order valence-corrected chi connectivity index (χ1v) is 4.24. The standard InChI is InChI=1S/C9H18O3/c1-4-5-6-11-12-8-9(2)7-10-3/h8H,4-7H2,1-3H3. The molecule has 0 aromatic carbocycles. The average molecular weight is 174 g/mol. The Labute approximate surface area is 74.2 Å². The number of unbranched alkanes of at least 4 members (excludes halogenated alkanes) is 1. The minimum absolute atomic E-state index is 0.580. The topological polar surface area (TPSA) is 27.7 Å². The van der Waals surface area contributed by atoms with Crippen molar-refractivity contribution in [1.29, 1.82) is 0 Å². The van der Waals surface area contributed by atoms with Crippen LogP contribution in [0.3, 0.4) is 0 Å². The maximum atomic E-state index is 4.88. The van der Waals surface area contributed by atoms with E-state index in [0.29, 0.717) is 13.2 Å². The first kappa shape index (κ1) is 11.5. The van der Waals surface area contributed by atoms with Crippen molar-refractivity contribution in [1.82, 2.24) is 0 Å². The molecule has 0 aliphatic rings. The van der Waals surface area contributed by atoms with Crippen molar-refractivity contribution in [2.24, 2.45) is 0 Å². The molecule has 0 bridgehead atoms. The molecule has 0 saturated heterocycles. The lowest BCUT2D eigenvalue weighted by atomic mass is 10.4. The lowest BCUT2D eigenvalue weighted by molar-refractivity contribution is -0.249. The SMILES string of the molecule is CCCCOOC=C(C)COC. The van der Waals surface area contributed by atoms with Crippen molar-refractivity contribution >= 4 is 0 Å². The molecule has 0 saturated carbocycles. The summed E-state index contributed by atoms with van der Waals surface area (Å²) in [5.41, 5.74) is 1.01. The Bertz CT molecular complexity index is 121. The molecular formula is C9H18O3. The van der Waals surface area contributed by atoms with E-state index in [4.69, 9.17) is 14.5 Å². The van der Waals surface area contributed by atoms with Crippen molar-refractivity contribution in [2.45, 2.75) is 26.7 Å². The molecule has 3 heteroatoms. The molecule has 0 N–H and O–H groups in total. The minimum Gasteiger partial charge on any atom is -0.380 e. The van der Waals surface area contributed by atoms with E-state index in [-0.39, 0.29) is 0 Å². The Morgan fingerprint density at radius 3 is 2.75 bits per heavy atom. The van der Waals surface area contributed by atoms with Gasteiger partial charge in [-0.1, -0.05) is 13.3 Å². The van der Waals surface area contributed by atoms with Crippen LogP contribution in [0.15, 0.2) is 11.8 Å². The van der Waals surface area contributed by atoms with E-state index in [9.17, 15) is 0 Å². The molecule has 0 aromatic heterocycles. The van der Waals surface area contributed by atoms with Crippen LogP contribution in [0.5, 0.6) is 0 Å². The predicted octanol–water partition coefficient (Wildman–Crippen LogP) is 2.28. The summed E-state index contributed by atoms with van der Waals surface area (Å²) >= 11 is 0. The van der Waals surface area contributed by atoms with Crippen LogP contribution >= 0.6 is 0 Å². The number of hydrogen-bond acceptors (Lipinski definition) is 3. The van der Waals surface area contributed by atoms with E-state index in [1.54, 1.807) is 13.4 Å². The Kier molecular flexibility index (Phi) is 8.17. The summed E-state index contributed by atoms with van der Waals surface area (Å²) < 4.78 is 4.88. The zero-order chi connectivity index (χ0) is 9.23. The number of ether oxygens (including phenoxy) is 1. The molecule has 3 nitrogen and oxygen atoms in total. The molecule has 0 aliphatic heterocycles. The third-order valence-electron chi connectivity index (χ3n) is 1.27. The molecule has 72 valence electrons. The fraction of sp³-hybridized carbons (Fsp3) is 0.778. The molecule has 0 rings (SSSR count). The Balaban J connectivity index is 3.21. The molecule has 0 heterocycles. The fourth-order valence-electron chi connectivity index (χ4n) is 0.629. The molecule has 0 spiro atoms. The number of rotatable bonds is 7. The van der Waals surface area contributed by atoms with Crippen LogP contribution in [0.4, 0.5) is 0 Å². The molecule has 0 aromatic rings. The highest BCUT2D eigenvalue weighted by atomic mass is 17.2. The number of methoxy groups -OCH3 is 1. The summed E-state index contributed by atoms with van der Waals surface area (Å²) in [7, 11) is 1.65. The average Bonchev–Trinajstić information content (AvgIpc) is 2.05. The highest BCUT2D eigenvalue weighted by molar-refractivity contribution is 4.92. The summed E-state index contributed by atoms with van der Waals surface area (Å²) in [6, 6.07) is 0. The highest BCUT2D eigenvalue weighted by Gasteiger charge is 1.88. The largest absolute Gasteiger partial charge is 0.380 e. The van der Waals surface area contributed by atoms with Crippen molar-refractivity contribution in [3.05, 3.63) is 11.8 Å². The lowest BCUT2D eigenvalue weighted by Gasteiger charge is -2.01. The molecule has 0 fully saturated rings. The molecule has 0 radical (unpaired) electrons. The van der Waals surface area contributed by atoms with E-state index in [1.807, 2.05) is 6.92 Å². The van der Waals surface area contributed by atoms with Crippen molar-refractivity contribution in [2.75, 3.05) is 20.3 Å². The van der Waals surface area contributed by atoms with Crippen LogP contribution in [0.2, 0.25) is 0 Å². The van der Waals surface area contributed by atoms with Gasteiger partial charge < -0.3 is 9.62 Å². The smallest absolute Gasteiger partial charge is 0.130 e. The van der Waals surface area contributed by atoms with Crippen molar-refractivity contribution in [3.8, 4) is 0 Å². The normalized spacial score (nSPS) is 11.8. The maximum Gasteiger partial charge on any atom is 0.130 e. The van der Waals surface area contributed by atoms with Gasteiger partial charge >= 0.3 is 0 Å². The van der Waals surface area contributed by atoms with Gasteiger partial charge in [-0.15, -0.1) is 0 Å². The fourth-order valence-corrected chi connectivity index (χ4v) is 0.629. The van der Waals surface area contributed by atoms with Crippen LogP contribution in [0.1, 0.15) is 26.7 Å². The monoisotopic (exact) mass is 174 g/mol. The molecule has 0 atom stereocenters.